The molecule has 0 amide bonds. The SMILES string of the molecule is CN1CCC(=O)C1c1ccco1. The number of furan rings is 1. The minimum atomic E-state index is -0.139. The molecule has 1 atom stereocenters. The van der Waals surface area contributed by atoms with Crippen LogP contribution in [0.25, 0.3) is 0 Å². The Morgan fingerprint density at radius 3 is 3.00 bits per heavy atom. The van der Waals surface area contributed by atoms with E-state index in [1.54, 1.807) is 6.26 Å². The molecule has 0 spiro atoms. The van der Waals surface area contributed by atoms with Gasteiger partial charge in [-0.05, 0) is 19.2 Å². The van der Waals surface area contributed by atoms with Crippen LogP contribution >= 0.6 is 0 Å². The van der Waals surface area contributed by atoms with Gasteiger partial charge in [0.1, 0.15) is 11.8 Å². The first-order valence-electron chi connectivity index (χ1n) is 4.05. The van der Waals surface area contributed by atoms with E-state index in [1.807, 2.05) is 24.1 Å². The second-order valence-electron chi connectivity index (χ2n) is 3.11. The normalized spacial score (nSPS) is 25.1. The Balaban J connectivity index is 2.28. The molecule has 1 aromatic heterocycles. The summed E-state index contributed by atoms with van der Waals surface area (Å²) in [5.41, 5.74) is 0. The van der Waals surface area contributed by atoms with Crippen molar-refractivity contribution in [2.45, 2.75) is 12.5 Å². The van der Waals surface area contributed by atoms with Crippen LogP contribution in [0.2, 0.25) is 0 Å². The molecule has 2 heterocycles. The maximum atomic E-state index is 11.4. The van der Waals surface area contributed by atoms with Gasteiger partial charge in [-0.1, -0.05) is 0 Å². The third-order valence-corrected chi connectivity index (χ3v) is 2.27. The van der Waals surface area contributed by atoms with E-state index in [0.29, 0.717) is 6.42 Å². The van der Waals surface area contributed by atoms with Crippen molar-refractivity contribution in [2.75, 3.05) is 13.6 Å². The van der Waals surface area contributed by atoms with E-state index in [2.05, 4.69) is 0 Å². The lowest BCUT2D eigenvalue weighted by Crippen LogP contribution is -2.20. The highest BCUT2D eigenvalue weighted by molar-refractivity contribution is 5.86. The third kappa shape index (κ3) is 1.06. The van der Waals surface area contributed by atoms with Crippen LogP contribution in [0, 0.1) is 0 Å². The fourth-order valence-corrected chi connectivity index (χ4v) is 1.62. The molecular weight excluding hydrogens is 154 g/mol. The van der Waals surface area contributed by atoms with Crippen molar-refractivity contribution in [2.24, 2.45) is 0 Å². The van der Waals surface area contributed by atoms with Gasteiger partial charge in [0, 0.05) is 13.0 Å². The van der Waals surface area contributed by atoms with Gasteiger partial charge in [0.15, 0.2) is 5.78 Å². The molecule has 1 aliphatic heterocycles. The molecule has 1 saturated heterocycles. The van der Waals surface area contributed by atoms with Crippen molar-refractivity contribution in [1.29, 1.82) is 0 Å². The molecule has 1 fully saturated rings. The van der Waals surface area contributed by atoms with Gasteiger partial charge in [0.2, 0.25) is 0 Å². The van der Waals surface area contributed by atoms with Gasteiger partial charge in [-0.15, -0.1) is 0 Å². The number of likely N-dealkylation sites (tertiary alicyclic amines) is 1. The molecule has 1 aromatic rings. The van der Waals surface area contributed by atoms with Crippen molar-refractivity contribution < 1.29 is 9.21 Å². The molecule has 12 heavy (non-hydrogen) atoms. The van der Waals surface area contributed by atoms with Gasteiger partial charge in [-0.2, -0.15) is 0 Å². The molecule has 0 N–H and O–H groups in total. The number of likely N-dealkylation sites (N-methyl/N-ethyl adjacent to an activating group) is 1. The summed E-state index contributed by atoms with van der Waals surface area (Å²) in [7, 11) is 1.94. The predicted molar refractivity (Wildman–Crippen MR) is 43.7 cm³/mol. The van der Waals surface area contributed by atoms with Gasteiger partial charge in [0.25, 0.3) is 0 Å². The van der Waals surface area contributed by atoms with Crippen LogP contribution in [-0.4, -0.2) is 24.3 Å². The van der Waals surface area contributed by atoms with Crippen LogP contribution < -0.4 is 0 Å². The first kappa shape index (κ1) is 7.55. The summed E-state index contributed by atoms with van der Waals surface area (Å²) in [6, 6.07) is 3.53. The molecule has 0 bridgehead atoms. The van der Waals surface area contributed by atoms with Gasteiger partial charge in [0.05, 0.1) is 6.26 Å². The number of carbonyl (C=O) groups excluding carboxylic acids is 1. The van der Waals surface area contributed by atoms with Crippen LogP contribution in [0.4, 0.5) is 0 Å². The Bertz CT molecular complexity index is 279. The highest BCUT2D eigenvalue weighted by Crippen LogP contribution is 2.27. The molecule has 0 saturated carbocycles. The zero-order valence-electron chi connectivity index (χ0n) is 6.99. The number of nitrogens with zero attached hydrogens (tertiary/aromatic N) is 1. The summed E-state index contributed by atoms with van der Waals surface area (Å²) in [6.07, 6.45) is 2.25. The number of ketones is 1. The maximum absolute atomic E-state index is 11.4. The minimum Gasteiger partial charge on any atom is -0.467 e. The summed E-state index contributed by atoms with van der Waals surface area (Å²) in [5.74, 6) is 1.02. The Morgan fingerprint density at radius 2 is 2.50 bits per heavy atom. The summed E-state index contributed by atoms with van der Waals surface area (Å²) < 4.78 is 5.20. The second kappa shape index (κ2) is 2.75. The van der Waals surface area contributed by atoms with E-state index in [9.17, 15) is 4.79 Å². The molecule has 0 radical (unpaired) electrons. The van der Waals surface area contributed by atoms with E-state index in [0.717, 1.165) is 12.3 Å². The monoisotopic (exact) mass is 165 g/mol. The Kier molecular flexibility index (Phi) is 1.73. The molecule has 3 nitrogen and oxygen atoms in total. The predicted octanol–water partition coefficient (Wildman–Crippen LogP) is 1.23. The Morgan fingerprint density at radius 1 is 1.67 bits per heavy atom. The first-order chi connectivity index (χ1) is 5.79. The van der Waals surface area contributed by atoms with Gasteiger partial charge >= 0.3 is 0 Å². The van der Waals surface area contributed by atoms with Gasteiger partial charge < -0.3 is 4.42 Å². The number of hydrogen-bond acceptors (Lipinski definition) is 3. The quantitative estimate of drug-likeness (QED) is 0.627. The zero-order valence-corrected chi connectivity index (χ0v) is 6.99. The van der Waals surface area contributed by atoms with Crippen LogP contribution in [0.5, 0.6) is 0 Å². The summed E-state index contributed by atoms with van der Waals surface area (Å²) in [6.45, 7) is 0.838. The van der Waals surface area contributed by atoms with Crippen LogP contribution in [0.1, 0.15) is 18.2 Å². The smallest absolute Gasteiger partial charge is 0.158 e. The van der Waals surface area contributed by atoms with Crippen LogP contribution in [-0.2, 0) is 4.79 Å². The van der Waals surface area contributed by atoms with Crippen LogP contribution in [0.15, 0.2) is 22.8 Å². The molecule has 64 valence electrons. The van der Waals surface area contributed by atoms with Crippen molar-refractivity contribution in [3.05, 3.63) is 24.2 Å². The topological polar surface area (TPSA) is 33.5 Å². The van der Waals surface area contributed by atoms with E-state index in [4.69, 9.17) is 4.42 Å². The highest BCUT2D eigenvalue weighted by Gasteiger charge is 2.32. The van der Waals surface area contributed by atoms with Crippen LogP contribution in [0.3, 0.4) is 0 Å². The molecule has 1 unspecified atom stereocenters. The Hall–Kier alpha value is -1.09. The van der Waals surface area contributed by atoms with Crippen molar-refractivity contribution >= 4 is 5.78 Å². The van der Waals surface area contributed by atoms with Gasteiger partial charge in [-0.25, -0.2) is 0 Å². The molecule has 0 aromatic carbocycles. The largest absolute Gasteiger partial charge is 0.467 e. The first-order valence-corrected chi connectivity index (χ1v) is 4.05. The van der Waals surface area contributed by atoms with Crippen molar-refractivity contribution in [3.63, 3.8) is 0 Å². The molecular formula is C9H11NO2. The molecule has 2 rings (SSSR count). The summed E-state index contributed by atoms with van der Waals surface area (Å²) in [4.78, 5) is 13.4. The number of Topliss-reactive ketones (excluding diaryl/α,β-unsaturated/α-hetero) is 1. The Labute approximate surface area is 71.0 Å². The summed E-state index contributed by atoms with van der Waals surface area (Å²) in [5, 5.41) is 0. The zero-order chi connectivity index (χ0) is 8.55. The van der Waals surface area contributed by atoms with Crippen molar-refractivity contribution in [3.8, 4) is 0 Å². The fraction of sp³-hybridized carbons (Fsp3) is 0.444. The lowest BCUT2D eigenvalue weighted by molar-refractivity contribution is -0.120. The minimum absolute atomic E-state index is 0.139. The average molecular weight is 165 g/mol. The molecule has 3 heteroatoms. The summed E-state index contributed by atoms with van der Waals surface area (Å²) >= 11 is 0. The van der Waals surface area contributed by atoms with E-state index < -0.39 is 0 Å². The van der Waals surface area contributed by atoms with E-state index >= 15 is 0 Å². The highest BCUT2D eigenvalue weighted by atomic mass is 16.3. The second-order valence-corrected chi connectivity index (χ2v) is 3.11. The molecule has 1 aliphatic rings. The van der Waals surface area contributed by atoms with Crippen molar-refractivity contribution in [1.82, 2.24) is 4.90 Å². The van der Waals surface area contributed by atoms with E-state index in [-0.39, 0.29) is 11.8 Å². The lowest BCUT2D eigenvalue weighted by atomic mass is 10.1. The standard InChI is InChI=1S/C9H11NO2/c1-10-5-4-7(11)9(10)8-3-2-6-12-8/h2-3,6,9H,4-5H2,1H3. The van der Waals surface area contributed by atoms with Gasteiger partial charge in [-0.3, -0.25) is 9.69 Å². The number of rotatable bonds is 1. The fourth-order valence-electron chi connectivity index (χ4n) is 1.62. The lowest BCUT2D eigenvalue weighted by Gasteiger charge is -2.14. The third-order valence-electron chi connectivity index (χ3n) is 2.27. The number of carbonyl (C=O) groups is 1. The molecule has 0 aliphatic carbocycles. The number of hydrogen-bond donors (Lipinski definition) is 0. The van der Waals surface area contributed by atoms with E-state index in [1.165, 1.54) is 0 Å². The maximum Gasteiger partial charge on any atom is 0.158 e. The average Bonchev–Trinajstić information content (AvgIpc) is 2.61.